The van der Waals surface area contributed by atoms with E-state index in [0.717, 1.165) is 6.08 Å². The van der Waals surface area contributed by atoms with Gasteiger partial charge in [-0.3, -0.25) is 0 Å². The molecule has 0 saturated carbocycles. The van der Waals surface area contributed by atoms with Crippen LogP contribution in [0.5, 0.6) is 0 Å². The third-order valence-corrected chi connectivity index (χ3v) is 6.69. The van der Waals surface area contributed by atoms with Gasteiger partial charge < -0.3 is 25.4 Å². The molecule has 0 aliphatic carbocycles. The Labute approximate surface area is 250 Å². The van der Waals surface area contributed by atoms with Crippen LogP contribution < -0.4 is 0 Å². The summed E-state index contributed by atoms with van der Waals surface area (Å²) in [4.78, 5) is 62.7. The Kier molecular flexibility index (Phi) is 7.26. The number of aliphatic carboxylic acids is 1. The van der Waals surface area contributed by atoms with E-state index in [2.05, 4.69) is 15.0 Å². The van der Waals surface area contributed by atoms with Gasteiger partial charge in [-0.1, -0.05) is 30.3 Å². The maximum atomic E-state index is 12.9. The van der Waals surface area contributed by atoms with Crippen molar-refractivity contribution < 1.29 is 56.1 Å². The van der Waals surface area contributed by atoms with Crippen molar-refractivity contribution in [1.82, 2.24) is 19.5 Å². The molecule has 0 saturated heterocycles. The number of nitrogens with zero attached hydrogens (tertiary/aromatic N) is 3. The van der Waals surface area contributed by atoms with Crippen LogP contribution in [0, 0.1) is 0 Å². The van der Waals surface area contributed by atoms with Gasteiger partial charge in [-0.05, 0) is 54.1 Å². The number of fused-ring (bicyclic) bond motifs is 8. The van der Waals surface area contributed by atoms with E-state index in [0.29, 0.717) is 21.3 Å². The molecule has 0 atom stereocenters. The number of nitrogens with one attached hydrogen (secondary N) is 1. The smallest absolute Gasteiger partial charge is 0.416 e. The third kappa shape index (κ3) is 4.98. The first-order chi connectivity index (χ1) is 20.1. The molecule has 0 fully saturated rings. The summed E-state index contributed by atoms with van der Waals surface area (Å²) in [7, 11) is 0. The number of carbonyl (C=O) groups is 4. The van der Waals surface area contributed by atoms with Gasteiger partial charge in [0.2, 0.25) is 0 Å². The Hall–Kier alpha value is -5.81. The minimum atomic E-state index is -1.78. The average Bonchev–Trinajstić information content (AvgIpc) is 3.71. The van der Waals surface area contributed by atoms with Gasteiger partial charge in [0.15, 0.2) is 0 Å². The summed E-state index contributed by atoms with van der Waals surface area (Å²) in [6.07, 6.45) is 2.71. The van der Waals surface area contributed by atoms with E-state index in [1.54, 1.807) is 60.7 Å². The third-order valence-electron chi connectivity index (χ3n) is 6.69. The van der Waals surface area contributed by atoms with Gasteiger partial charge in [0.25, 0.3) is 0 Å². The average molecular weight is 621 g/mol. The van der Waals surface area contributed by atoms with Crippen molar-refractivity contribution >= 4 is 69.9 Å². The topological polar surface area (TPSA) is 196 Å². The Morgan fingerprint density at radius 1 is 0.698 bits per heavy atom. The second-order valence-electron chi connectivity index (χ2n) is 9.30. The molecule has 0 amide bonds. The van der Waals surface area contributed by atoms with Crippen molar-refractivity contribution in [2.45, 2.75) is 0 Å². The molecular formula is C30H18N4NiO8. The molecular weight excluding hydrogens is 603 g/mol. The van der Waals surface area contributed by atoms with Crippen molar-refractivity contribution in [3.8, 4) is 11.1 Å². The summed E-state index contributed by atoms with van der Waals surface area (Å²) in [5, 5.41) is 41.3. The minimum Gasteiger partial charge on any atom is -0.478 e. The zero-order chi connectivity index (χ0) is 29.7. The van der Waals surface area contributed by atoms with Gasteiger partial charge in [-0.25, -0.2) is 33.7 Å². The molecule has 3 aromatic heterocycles. The van der Waals surface area contributed by atoms with E-state index >= 15 is 0 Å². The van der Waals surface area contributed by atoms with Crippen molar-refractivity contribution in [3.63, 3.8) is 0 Å². The van der Waals surface area contributed by atoms with Crippen LogP contribution in [0.3, 0.4) is 0 Å². The Balaban J connectivity index is 0.00000368. The molecule has 6 rings (SSSR count). The number of carboxylic acids is 3. The molecule has 0 radical (unpaired) electrons. The van der Waals surface area contributed by atoms with Crippen molar-refractivity contribution in [3.05, 3.63) is 94.6 Å². The van der Waals surface area contributed by atoms with Crippen LogP contribution >= 0.6 is 0 Å². The number of aromatic carboxylic acids is 2. The predicted molar refractivity (Wildman–Crippen MR) is 152 cm³/mol. The van der Waals surface area contributed by atoms with Gasteiger partial charge in [0.05, 0.1) is 44.9 Å². The monoisotopic (exact) mass is 620 g/mol. The fourth-order valence-corrected chi connectivity index (χ4v) is 5.06. The number of carboxylic acid groups (broad SMARTS) is 4. The fourth-order valence-electron chi connectivity index (χ4n) is 5.06. The first kappa shape index (κ1) is 28.7. The van der Waals surface area contributed by atoms with Gasteiger partial charge in [0.1, 0.15) is 5.56 Å². The normalized spacial score (nSPS) is 11.9. The summed E-state index contributed by atoms with van der Waals surface area (Å²) < 4.78 is 0.527. The first-order valence-corrected chi connectivity index (χ1v) is 12.3. The van der Waals surface area contributed by atoms with Crippen molar-refractivity contribution in [2.24, 2.45) is 0 Å². The number of benzene rings is 1. The number of hydrogen-bond acceptors (Lipinski definition) is 6. The first-order valence-electron chi connectivity index (χ1n) is 12.3. The number of aromatic nitrogens is 4. The quantitative estimate of drug-likeness (QED) is 0.167. The van der Waals surface area contributed by atoms with Gasteiger partial charge in [0, 0.05) is 33.1 Å². The van der Waals surface area contributed by atoms with Crippen molar-refractivity contribution in [1.29, 1.82) is 0 Å². The maximum Gasteiger partial charge on any atom is 0.416 e. The maximum absolute atomic E-state index is 12.9. The summed E-state index contributed by atoms with van der Waals surface area (Å²) in [5.74, 6) is -4.95. The van der Waals surface area contributed by atoms with Crippen LogP contribution in [0.2, 0.25) is 0 Å². The second-order valence-corrected chi connectivity index (χ2v) is 9.30. The molecule has 1 aromatic carbocycles. The van der Waals surface area contributed by atoms with E-state index < -0.39 is 51.9 Å². The summed E-state index contributed by atoms with van der Waals surface area (Å²) in [5.41, 5.74) is -1.49. The number of aromatic amines is 1. The summed E-state index contributed by atoms with van der Waals surface area (Å²) in [6.45, 7) is 0. The molecule has 5 heterocycles. The largest absolute Gasteiger partial charge is 0.478 e. The van der Waals surface area contributed by atoms with Crippen LogP contribution in [0.15, 0.2) is 60.7 Å². The van der Waals surface area contributed by atoms with E-state index in [1.807, 2.05) is 0 Å². The number of H-pyrrole nitrogens is 1. The molecule has 0 spiro atoms. The summed E-state index contributed by atoms with van der Waals surface area (Å²) >= 11 is 0. The summed E-state index contributed by atoms with van der Waals surface area (Å²) in [6, 6.07) is 16.0. The van der Waals surface area contributed by atoms with E-state index in [1.165, 1.54) is 12.1 Å². The standard InChI is InChI=1S/C30H18N4O8.Ni/c35-27(36)20-12-19-11-17-7-6-15(31-17)10-16-8-9-18(32-16)13-21-22(14-4-2-1-3-5-14)23(28(37)38)26(34(21)30(41)42)24(29(39)40)25(20)33-19;/h1-13,31H,(H,35,36)(H,37,38)(H,39,40)(H,41,42);. The van der Waals surface area contributed by atoms with Crippen LogP contribution in [0.25, 0.3) is 57.0 Å². The molecule has 216 valence electrons. The van der Waals surface area contributed by atoms with Gasteiger partial charge >= 0.3 is 24.0 Å². The minimum absolute atomic E-state index is 0. The zero-order valence-electron chi connectivity index (χ0n) is 21.6. The van der Waals surface area contributed by atoms with Crippen LogP contribution in [-0.4, -0.2) is 63.9 Å². The Morgan fingerprint density at radius 3 is 1.88 bits per heavy atom. The molecule has 2 aliphatic rings. The van der Waals surface area contributed by atoms with Gasteiger partial charge in [-0.15, -0.1) is 0 Å². The van der Waals surface area contributed by atoms with E-state index in [-0.39, 0.29) is 44.5 Å². The predicted octanol–water partition coefficient (Wildman–Crippen LogP) is 5.17. The van der Waals surface area contributed by atoms with Crippen LogP contribution in [0.1, 0.15) is 43.5 Å². The Bertz CT molecular complexity index is 2110. The fraction of sp³-hybridized carbons (Fsp3) is 0. The Morgan fingerprint density at radius 2 is 1.30 bits per heavy atom. The number of rotatable bonds is 4. The van der Waals surface area contributed by atoms with Crippen LogP contribution in [-0.2, 0) is 21.3 Å². The molecule has 2 aliphatic heterocycles. The van der Waals surface area contributed by atoms with Crippen LogP contribution in [0.4, 0.5) is 4.79 Å². The molecule has 12 nitrogen and oxygen atoms in total. The molecule has 5 N–H and O–H groups in total. The molecule has 13 heteroatoms. The molecule has 43 heavy (non-hydrogen) atoms. The van der Waals surface area contributed by atoms with Crippen molar-refractivity contribution in [2.75, 3.05) is 0 Å². The molecule has 4 aromatic rings. The van der Waals surface area contributed by atoms with Gasteiger partial charge in [-0.2, -0.15) is 0 Å². The second kappa shape index (κ2) is 10.9. The van der Waals surface area contributed by atoms with E-state index in [4.69, 9.17) is 0 Å². The van der Waals surface area contributed by atoms with E-state index in [9.17, 15) is 39.6 Å². The zero-order valence-corrected chi connectivity index (χ0v) is 22.6. The number of hydrogen-bond donors (Lipinski definition) is 5. The SMILES string of the molecule is O=C(O)C1=Cc2cc3ccc(cc4nc(cc5c(-c6ccccc6)c(C(=O)O)c(c(C(=O)O)c1n2)n5C(=O)O)C=C4)[nH]3.[Ni]. The molecule has 0 unspecified atom stereocenters. The molecule has 8 bridgehead atoms.